The molecule has 0 saturated heterocycles. The zero-order valence-electron chi connectivity index (χ0n) is 16.1. The van der Waals surface area contributed by atoms with Gasteiger partial charge in [-0.1, -0.05) is 17.7 Å². The highest BCUT2D eigenvalue weighted by Gasteiger charge is 2.12. The SMILES string of the molecule is O=C(CCc1ncc(-c2ccc(Cl)cc2)o1)NCCOc1ccc2c(c1)CCC2. The fourth-order valence-electron chi connectivity index (χ4n) is 3.48. The van der Waals surface area contributed by atoms with Crippen molar-refractivity contribution in [2.24, 2.45) is 0 Å². The van der Waals surface area contributed by atoms with Crippen LogP contribution in [0.5, 0.6) is 5.75 Å². The Morgan fingerprint density at radius 2 is 1.97 bits per heavy atom. The first-order valence-corrected chi connectivity index (χ1v) is 10.3. The van der Waals surface area contributed by atoms with Crippen molar-refractivity contribution in [3.05, 3.63) is 70.7 Å². The second kappa shape index (κ2) is 9.14. The van der Waals surface area contributed by atoms with Gasteiger partial charge in [-0.05, 0) is 66.8 Å². The van der Waals surface area contributed by atoms with Gasteiger partial charge in [-0.15, -0.1) is 0 Å². The van der Waals surface area contributed by atoms with E-state index in [-0.39, 0.29) is 5.91 Å². The summed E-state index contributed by atoms with van der Waals surface area (Å²) in [7, 11) is 0. The standard InChI is InChI=1S/C23H23ClN2O3/c24-19-7-4-17(5-8-19)21-15-26-23(29-21)11-10-22(27)25-12-13-28-20-9-6-16-2-1-3-18(16)14-20/h4-9,14-15H,1-3,10-13H2,(H,25,27). The van der Waals surface area contributed by atoms with Crippen molar-refractivity contribution in [1.29, 1.82) is 0 Å². The number of rotatable bonds is 8. The van der Waals surface area contributed by atoms with Crippen molar-refractivity contribution in [3.63, 3.8) is 0 Å². The van der Waals surface area contributed by atoms with Crippen LogP contribution < -0.4 is 10.1 Å². The number of hydrogen-bond donors (Lipinski definition) is 1. The Balaban J connectivity index is 1.17. The number of amides is 1. The number of hydrogen-bond acceptors (Lipinski definition) is 4. The van der Waals surface area contributed by atoms with E-state index in [1.807, 2.05) is 18.2 Å². The molecule has 0 saturated carbocycles. The summed E-state index contributed by atoms with van der Waals surface area (Å²) in [5.74, 6) is 2.03. The first-order chi connectivity index (χ1) is 14.2. The van der Waals surface area contributed by atoms with E-state index in [2.05, 4.69) is 22.4 Å². The summed E-state index contributed by atoms with van der Waals surface area (Å²) in [5, 5.41) is 3.54. The molecule has 0 fully saturated rings. The van der Waals surface area contributed by atoms with Crippen molar-refractivity contribution in [2.45, 2.75) is 32.1 Å². The van der Waals surface area contributed by atoms with Gasteiger partial charge in [0.15, 0.2) is 11.7 Å². The molecule has 1 amide bonds. The topological polar surface area (TPSA) is 64.4 Å². The summed E-state index contributed by atoms with van der Waals surface area (Å²) in [5.41, 5.74) is 3.72. The number of carbonyl (C=O) groups excluding carboxylic acids is 1. The van der Waals surface area contributed by atoms with Crippen LogP contribution in [0.3, 0.4) is 0 Å². The summed E-state index contributed by atoms with van der Waals surface area (Å²) in [6, 6.07) is 13.6. The molecule has 5 nitrogen and oxygen atoms in total. The van der Waals surface area contributed by atoms with Crippen LogP contribution in [0.25, 0.3) is 11.3 Å². The highest BCUT2D eigenvalue weighted by molar-refractivity contribution is 6.30. The summed E-state index contributed by atoms with van der Waals surface area (Å²) >= 11 is 5.90. The molecular formula is C23H23ClN2O3. The Bertz CT molecular complexity index is 982. The molecule has 150 valence electrons. The number of nitrogens with zero attached hydrogens (tertiary/aromatic N) is 1. The fraction of sp³-hybridized carbons (Fsp3) is 0.304. The largest absolute Gasteiger partial charge is 0.492 e. The minimum absolute atomic E-state index is 0.0474. The minimum atomic E-state index is -0.0474. The molecule has 1 aromatic heterocycles. The van der Waals surface area contributed by atoms with Crippen molar-refractivity contribution < 1.29 is 13.9 Å². The molecule has 0 aliphatic heterocycles. The maximum absolute atomic E-state index is 12.0. The molecule has 6 heteroatoms. The Labute approximate surface area is 175 Å². The molecular weight excluding hydrogens is 388 g/mol. The van der Waals surface area contributed by atoms with Gasteiger partial charge in [0.05, 0.1) is 12.7 Å². The number of halogens is 1. The van der Waals surface area contributed by atoms with E-state index in [1.54, 1.807) is 18.3 Å². The van der Waals surface area contributed by atoms with Crippen LogP contribution >= 0.6 is 11.6 Å². The highest BCUT2D eigenvalue weighted by Crippen LogP contribution is 2.26. The average Bonchev–Trinajstić information content (AvgIpc) is 3.39. The third kappa shape index (κ3) is 5.18. The second-order valence-corrected chi connectivity index (χ2v) is 7.54. The molecule has 0 spiro atoms. The van der Waals surface area contributed by atoms with Crippen LogP contribution in [0.15, 0.2) is 53.1 Å². The summed E-state index contributed by atoms with van der Waals surface area (Å²) < 4.78 is 11.5. The number of benzene rings is 2. The molecule has 29 heavy (non-hydrogen) atoms. The van der Waals surface area contributed by atoms with Gasteiger partial charge in [-0.2, -0.15) is 0 Å². The molecule has 1 heterocycles. The maximum atomic E-state index is 12.0. The average molecular weight is 411 g/mol. The zero-order valence-corrected chi connectivity index (χ0v) is 16.9. The number of aromatic nitrogens is 1. The molecule has 0 bridgehead atoms. The van der Waals surface area contributed by atoms with Gasteiger partial charge in [0, 0.05) is 23.4 Å². The minimum Gasteiger partial charge on any atom is -0.492 e. The van der Waals surface area contributed by atoms with Gasteiger partial charge < -0.3 is 14.5 Å². The molecule has 0 unspecified atom stereocenters. The van der Waals surface area contributed by atoms with Crippen LogP contribution in [0, 0.1) is 0 Å². The van der Waals surface area contributed by atoms with E-state index >= 15 is 0 Å². The van der Waals surface area contributed by atoms with Gasteiger partial charge in [-0.3, -0.25) is 4.79 Å². The van der Waals surface area contributed by atoms with Crippen LogP contribution in [-0.2, 0) is 24.1 Å². The Morgan fingerprint density at radius 3 is 2.83 bits per heavy atom. The Hall–Kier alpha value is -2.79. The number of nitrogens with one attached hydrogen (secondary N) is 1. The highest BCUT2D eigenvalue weighted by atomic mass is 35.5. The lowest BCUT2D eigenvalue weighted by atomic mass is 10.1. The van der Waals surface area contributed by atoms with Gasteiger partial charge in [0.1, 0.15) is 12.4 Å². The Kier molecular flexibility index (Phi) is 6.15. The summed E-state index contributed by atoms with van der Waals surface area (Å²) in [6.07, 6.45) is 5.95. The maximum Gasteiger partial charge on any atom is 0.220 e. The number of fused-ring (bicyclic) bond motifs is 1. The number of carbonyl (C=O) groups is 1. The monoisotopic (exact) mass is 410 g/mol. The van der Waals surface area contributed by atoms with E-state index in [0.717, 1.165) is 24.2 Å². The Morgan fingerprint density at radius 1 is 1.14 bits per heavy atom. The third-order valence-corrected chi connectivity index (χ3v) is 5.26. The van der Waals surface area contributed by atoms with Gasteiger partial charge >= 0.3 is 0 Å². The van der Waals surface area contributed by atoms with Crippen LogP contribution in [0.4, 0.5) is 0 Å². The van der Waals surface area contributed by atoms with Gasteiger partial charge in [0.2, 0.25) is 5.91 Å². The molecule has 4 rings (SSSR count). The number of ether oxygens (including phenoxy) is 1. The van der Waals surface area contributed by atoms with E-state index < -0.39 is 0 Å². The second-order valence-electron chi connectivity index (χ2n) is 7.11. The zero-order chi connectivity index (χ0) is 20.1. The number of aryl methyl sites for hydroxylation is 3. The normalized spacial score (nSPS) is 12.6. The molecule has 0 atom stereocenters. The lowest BCUT2D eigenvalue weighted by Crippen LogP contribution is -2.28. The van der Waals surface area contributed by atoms with E-state index in [4.69, 9.17) is 20.8 Å². The fourth-order valence-corrected chi connectivity index (χ4v) is 3.61. The molecule has 2 aromatic carbocycles. The molecule has 0 radical (unpaired) electrons. The van der Waals surface area contributed by atoms with E-state index in [0.29, 0.717) is 42.7 Å². The van der Waals surface area contributed by atoms with E-state index in [9.17, 15) is 4.79 Å². The third-order valence-electron chi connectivity index (χ3n) is 5.01. The van der Waals surface area contributed by atoms with Crippen molar-refractivity contribution in [3.8, 4) is 17.1 Å². The molecule has 3 aromatic rings. The predicted octanol–water partition coefficient (Wildman–Crippen LogP) is 4.61. The summed E-state index contributed by atoms with van der Waals surface area (Å²) in [4.78, 5) is 16.3. The lowest BCUT2D eigenvalue weighted by molar-refractivity contribution is -0.121. The van der Waals surface area contributed by atoms with Crippen LogP contribution in [0.1, 0.15) is 29.9 Å². The van der Waals surface area contributed by atoms with Crippen LogP contribution in [0.2, 0.25) is 5.02 Å². The first-order valence-electron chi connectivity index (χ1n) is 9.89. The van der Waals surface area contributed by atoms with Gasteiger partial charge in [-0.25, -0.2) is 4.98 Å². The lowest BCUT2D eigenvalue weighted by Gasteiger charge is -2.09. The van der Waals surface area contributed by atoms with Crippen molar-refractivity contribution >= 4 is 17.5 Å². The van der Waals surface area contributed by atoms with E-state index in [1.165, 1.54) is 17.5 Å². The van der Waals surface area contributed by atoms with Gasteiger partial charge in [0.25, 0.3) is 0 Å². The summed E-state index contributed by atoms with van der Waals surface area (Å²) in [6.45, 7) is 0.918. The molecule has 1 aliphatic rings. The van der Waals surface area contributed by atoms with Crippen LogP contribution in [-0.4, -0.2) is 24.0 Å². The van der Waals surface area contributed by atoms with Crippen molar-refractivity contribution in [1.82, 2.24) is 10.3 Å². The predicted molar refractivity (Wildman–Crippen MR) is 112 cm³/mol. The molecule has 1 aliphatic carbocycles. The number of oxazole rings is 1. The van der Waals surface area contributed by atoms with Crippen molar-refractivity contribution in [2.75, 3.05) is 13.2 Å². The first kappa shape index (κ1) is 19.5. The smallest absolute Gasteiger partial charge is 0.220 e. The quantitative estimate of drug-likeness (QED) is 0.551. The molecule has 1 N–H and O–H groups in total.